The maximum absolute atomic E-state index is 12.4. The highest BCUT2D eigenvalue weighted by atomic mass is 16.5. The number of carbonyl (C=O) groups is 1. The maximum Gasteiger partial charge on any atom is 0.254 e. The van der Waals surface area contributed by atoms with Crippen LogP contribution < -0.4 is 4.74 Å². The Balaban J connectivity index is 1.54. The lowest BCUT2D eigenvalue weighted by atomic mass is 9.94. The normalized spacial score (nSPS) is 18.0. The van der Waals surface area contributed by atoms with Crippen LogP contribution in [0.2, 0.25) is 0 Å². The third-order valence-electron chi connectivity index (χ3n) is 4.11. The average Bonchev–Trinajstić information content (AvgIpc) is 3.09. The van der Waals surface area contributed by atoms with Gasteiger partial charge in [-0.05, 0) is 18.0 Å². The van der Waals surface area contributed by atoms with Gasteiger partial charge in [-0.2, -0.15) is 0 Å². The molecule has 122 valence electrons. The van der Waals surface area contributed by atoms with Gasteiger partial charge in [0.25, 0.3) is 5.88 Å². The zero-order chi connectivity index (χ0) is 16.1. The first-order chi connectivity index (χ1) is 11.3. The Bertz CT molecular complexity index is 644. The highest BCUT2D eigenvalue weighted by Gasteiger charge is 2.25. The van der Waals surface area contributed by atoms with E-state index in [1.165, 1.54) is 7.11 Å². The van der Waals surface area contributed by atoms with Crippen LogP contribution in [0.25, 0.3) is 0 Å². The molecule has 1 aliphatic heterocycles. The zero-order valence-electron chi connectivity index (χ0n) is 13.1. The lowest BCUT2D eigenvalue weighted by molar-refractivity contribution is -0.132. The number of methoxy groups -OCH3 is 1. The van der Waals surface area contributed by atoms with E-state index in [1.54, 1.807) is 24.7 Å². The number of hydrogen-bond donors (Lipinski definition) is 0. The molecule has 0 radical (unpaired) electrons. The van der Waals surface area contributed by atoms with Crippen molar-refractivity contribution in [1.29, 1.82) is 0 Å². The number of ether oxygens (including phenoxy) is 1. The Kier molecular flexibility index (Phi) is 4.85. The van der Waals surface area contributed by atoms with E-state index in [-0.39, 0.29) is 11.8 Å². The van der Waals surface area contributed by atoms with E-state index in [0.717, 1.165) is 25.1 Å². The second-order valence-electron chi connectivity index (χ2n) is 5.64. The van der Waals surface area contributed by atoms with E-state index >= 15 is 0 Å². The zero-order valence-corrected chi connectivity index (χ0v) is 13.1. The number of aromatic nitrogens is 3. The molecule has 1 atom stereocenters. The van der Waals surface area contributed by atoms with Crippen molar-refractivity contribution in [2.75, 3.05) is 20.2 Å². The van der Waals surface area contributed by atoms with E-state index in [4.69, 9.17) is 9.26 Å². The fourth-order valence-electron chi connectivity index (χ4n) is 2.86. The van der Waals surface area contributed by atoms with Gasteiger partial charge in [-0.1, -0.05) is 0 Å². The van der Waals surface area contributed by atoms with Crippen molar-refractivity contribution in [3.63, 3.8) is 0 Å². The Morgan fingerprint density at radius 2 is 2.39 bits per heavy atom. The largest absolute Gasteiger partial charge is 0.479 e. The summed E-state index contributed by atoms with van der Waals surface area (Å²) >= 11 is 0. The van der Waals surface area contributed by atoms with Crippen molar-refractivity contribution in [2.24, 2.45) is 0 Å². The van der Waals surface area contributed by atoms with E-state index < -0.39 is 0 Å². The van der Waals surface area contributed by atoms with E-state index in [9.17, 15) is 4.79 Å². The predicted octanol–water partition coefficient (Wildman–Crippen LogP) is 1.81. The summed E-state index contributed by atoms with van der Waals surface area (Å²) in [5.41, 5.74) is 0.963. The minimum Gasteiger partial charge on any atom is -0.479 e. The van der Waals surface area contributed by atoms with E-state index in [0.29, 0.717) is 31.0 Å². The van der Waals surface area contributed by atoms with Crippen molar-refractivity contribution in [1.82, 2.24) is 20.0 Å². The van der Waals surface area contributed by atoms with Gasteiger partial charge in [0.2, 0.25) is 5.91 Å². The number of rotatable bonds is 5. The smallest absolute Gasteiger partial charge is 0.254 e. The van der Waals surface area contributed by atoms with Crippen molar-refractivity contribution in [3.05, 3.63) is 36.1 Å². The molecule has 23 heavy (non-hydrogen) atoms. The van der Waals surface area contributed by atoms with Gasteiger partial charge in [0.15, 0.2) is 0 Å². The summed E-state index contributed by atoms with van der Waals surface area (Å²) in [6.07, 6.45) is 8.13. The number of piperidine rings is 1. The topological polar surface area (TPSA) is 81.4 Å². The SMILES string of the molecule is COc1cc(CCC(=O)N2CCC[C@H](c3cnccn3)C2)on1. The minimum absolute atomic E-state index is 0.133. The summed E-state index contributed by atoms with van der Waals surface area (Å²) in [6.45, 7) is 1.51. The van der Waals surface area contributed by atoms with E-state index in [1.807, 2.05) is 4.90 Å². The molecule has 7 heteroatoms. The van der Waals surface area contributed by atoms with Crippen LogP contribution in [0, 0.1) is 0 Å². The number of carbonyl (C=O) groups excluding carboxylic acids is 1. The van der Waals surface area contributed by atoms with Gasteiger partial charge in [-0.15, -0.1) is 0 Å². The molecule has 0 unspecified atom stereocenters. The summed E-state index contributed by atoms with van der Waals surface area (Å²) in [6, 6.07) is 1.71. The van der Waals surface area contributed by atoms with Crippen LogP contribution in [0.1, 0.15) is 36.6 Å². The number of nitrogens with zero attached hydrogens (tertiary/aromatic N) is 4. The minimum atomic E-state index is 0.133. The highest BCUT2D eigenvalue weighted by Crippen LogP contribution is 2.25. The van der Waals surface area contributed by atoms with Crippen molar-refractivity contribution in [2.45, 2.75) is 31.6 Å². The van der Waals surface area contributed by atoms with Gasteiger partial charge in [0, 0.05) is 56.5 Å². The molecule has 1 fully saturated rings. The third-order valence-corrected chi connectivity index (χ3v) is 4.11. The lowest BCUT2D eigenvalue weighted by Crippen LogP contribution is -2.39. The first-order valence-electron chi connectivity index (χ1n) is 7.79. The monoisotopic (exact) mass is 316 g/mol. The second-order valence-corrected chi connectivity index (χ2v) is 5.64. The molecule has 1 amide bonds. The van der Waals surface area contributed by atoms with Crippen LogP contribution in [0.5, 0.6) is 5.88 Å². The molecule has 3 heterocycles. The molecule has 0 bridgehead atoms. The number of hydrogen-bond acceptors (Lipinski definition) is 6. The Morgan fingerprint density at radius 3 is 3.13 bits per heavy atom. The molecule has 2 aromatic heterocycles. The quantitative estimate of drug-likeness (QED) is 0.837. The Labute approximate surface area is 134 Å². The van der Waals surface area contributed by atoms with Crippen molar-refractivity contribution < 1.29 is 14.1 Å². The third kappa shape index (κ3) is 3.85. The summed E-state index contributed by atoms with van der Waals surface area (Å²) in [7, 11) is 1.53. The van der Waals surface area contributed by atoms with Crippen LogP contribution in [-0.2, 0) is 11.2 Å². The molecule has 0 N–H and O–H groups in total. The van der Waals surface area contributed by atoms with Crippen LogP contribution in [-0.4, -0.2) is 46.1 Å². The molecular weight excluding hydrogens is 296 g/mol. The second kappa shape index (κ2) is 7.21. The average molecular weight is 316 g/mol. The molecule has 0 aliphatic carbocycles. The first kappa shape index (κ1) is 15.5. The molecule has 7 nitrogen and oxygen atoms in total. The van der Waals surface area contributed by atoms with E-state index in [2.05, 4.69) is 15.1 Å². The van der Waals surface area contributed by atoms with Gasteiger partial charge in [-0.25, -0.2) is 0 Å². The van der Waals surface area contributed by atoms with Crippen LogP contribution in [0.3, 0.4) is 0 Å². The fraction of sp³-hybridized carbons (Fsp3) is 0.500. The van der Waals surface area contributed by atoms with Crippen LogP contribution in [0.15, 0.2) is 29.2 Å². The van der Waals surface area contributed by atoms with Gasteiger partial charge in [0.1, 0.15) is 5.76 Å². The molecule has 0 saturated carbocycles. The van der Waals surface area contributed by atoms with Crippen LogP contribution >= 0.6 is 0 Å². The predicted molar refractivity (Wildman–Crippen MR) is 82.0 cm³/mol. The Hall–Kier alpha value is -2.44. The lowest BCUT2D eigenvalue weighted by Gasteiger charge is -2.32. The molecule has 2 aromatic rings. The number of amides is 1. The molecule has 1 aliphatic rings. The van der Waals surface area contributed by atoms with Gasteiger partial charge < -0.3 is 14.2 Å². The maximum atomic E-state index is 12.4. The van der Waals surface area contributed by atoms with Gasteiger partial charge in [-0.3, -0.25) is 14.8 Å². The summed E-state index contributed by atoms with van der Waals surface area (Å²) in [4.78, 5) is 22.8. The summed E-state index contributed by atoms with van der Waals surface area (Å²) in [5, 5.41) is 3.74. The summed E-state index contributed by atoms with van der Waals surface area (Å²) < 4.78 is 10.1. The first-order valence-corrected chi connectivity index (χ1v) is 7.79. The van der Waals surface area contributed by atoms with Crippen molar-refractivity contribution >= 4 is 5.91 Å². The molecule has 1 saturated heterocycles. The highest BCUT2D eigenvalue weighted by molar-refractivity contribution is 5.76. The van der Waals surface area contributed by atoms with Crippen molar-refractivity contribution in [3.8, 4) is 5.88 Å². The van der Waals surface area contributed by atoms with Gasteiger partial charge in [0.05, 0.1) is 12.8 Å². The summed E-state index contributed by atoms with van der Waals surface area (Å²) in [5.74, 6) is 1.51. The van der Waals surface area contributed by atoms with Crippen LogP contribution in [0.4, 0.5) is 0 Å². The molecular formula is C16H20N4O3. The number of aryl methyl sites for hydroxylation is 1. The fourth-order valence-corrected chi connectivity index (χ4v) is 2.86. The standard InChI is InChI=1S/C16H20N4O3/c1-22-15-9-13(23-19-15)4-5-16(21)20-8-2-3-12(11-20)14-10-17-6-7-18-14/h6-7,9-10,12H,2-5,8,11H2,1H3/t12-/m0/s1. The molecule has 0 aromatic carbocycles. The Morgan fingerprint density at radius 1 is 1.48 bits per heavy atom. The molecule has 0 spiro atoms. The number of likely N-dealkylation sites (tertiary alicyclic amines) is 1. The van der Waals surface area contributed by atoms with Gasteiger partial charge >= 0.3 is 0 Å². The molecule has 3 rings (SSSR count).